The van der Waals surface area contributed by atoms with Crippen LogP contribution in [0.1, 0.15) is 23.3 Å². The summed E-state index contributed by atoms with van der Waals surface area (Å²) in [5.41, 5.74) is 1.85. The maximum atomic E-state index is 10.1. The van der Waals surface area contributed by atoms with E-state index in [0.717, 1.165) is 20.3 Å². The van der Waals surface area contributed by atoms with Crippen LogP contribution in [0.2, 0.25) is 0 Å². The third-order valence-corrected chi connectivity index (χ3v) is 4.28. The highest BCUT2D eigenvalue weighted by atomic mass is 79.9. The van der Waals surface area contributed by atoms with Crippen molar-refractivity contribution < 1.29 is 9.52 Å². The Bertz CT molecular complexity index is 534. The molecule has 0 aromatic carbocycles. The van der Waals surface area contributed by atoms with Gasteiger partial charge < -0.3 is 9.52 Å². The average Bonchev–Trinajstić information content (AvgIpc) is 2.78. The van der Waals surface area contributed by atoms with Gasteiger partial charge in [-0.05, 0) is 44.8 Å². The van der Waals surface area contributed by atoms with Crippen LogP contribution in [0.15, 0.2) is 25.7 Å². The summed E-state index contributed by atoms with van der Waals surface area (Å²) in [6.45, 7) is 1.92. The maximum absolute atomic E-state index is 10.1. The van der Waals surface area contributed by atoms with Gasteiger partial charge in [0.15, 0.2) is 0 Å². The lowest BCUT2D eigenvalue weighted by Gasteiger charge is -2.09. The molecule has 0 amide bonds. The van der Waals surface area contributed by atoms with Gasteiger partial charge in [-0.2, -0.15) is 5.10 Å². The van der Waals surface area contributed by atoms with Crippen LogP contribution in [0.4, 0.5) is 0 Å². The van der Waals surface area contributed by atoms with Crippen LogP contribution in [0.25, 0.3) is 0 Å². The Morgan fingerprint density at radius 1 is 1.53 bits per heavy atom. The number of furan rings is 1. The van der Waals surface area contributed by atoms with Crippen LogP contribution >= 0.6 is 31.9 Å². The maximum Gasteiger partial charge on any atom is 0.146 e. The highest BCUT2D eigenvalue weighted by Gasteiger charge is 2.20. The number of hydrogen-bond acceptors (Lipinski definition) is 3. The molecule has 4 nitrogen and oxygen atoms in total. The molecular weight excluding hydrogens is 352 g/mol. The van der Waals surface area contributed by atoms with Crippen molar-refractivity contribution in [2.75, 3.05) is 0 Å². The molecule has 0 radical (unpaired) electrons. The summed E-state index contributed by atoms with van der Waals surface area (Å²) in [4.78, 5) is 0. The van der Waals surface area contributed by atoms with Crippen LogP contribution in [-0.2, 0) is 13.5 Å². The van der Waals surface area contributed by atoms with Gasteiger partial charge in [0.05, 0.1) is 26.6 Å². The summed E-state index contributed by atoms with van der Waals surface area (Å²) in [5.74, 6) is 0.538. The molecular formula is C11H12Br2N2O2. The molecule has 17 heavy (non-hydrogen) atoms. The van der Waals surface area contributed by atoms with Gasteiger partial charge in [-0.15, -0.1) is 0 Å². The Hall–Kier alpha value is -0.590. The molecule has 2 aromatic rings. The number of aliphatic hydroxyl groups is 1. The largest absolute Gasteiger partial charge is 0.465 e. The number of aryl methyl sites for hydroxylation is 2. The van der Waals surface area contributed by atoms with Crippen molar-refractivity contribution in [3.63, 3.8) is 0 Å². The van der Waals surface area contributed by atoms with Gasteiger partial charge in [0.25, 0.3) is 0 Å². The summed E-state index contributed by atoms with van der Waals surface area (Å²) in [5, 5.41) is 14.4. The molecule has 0 aliphatic heterocycles. The predicted molar refractivity (Wildman–Crippen MR) is 70.7 cm³/mol. The van der Waals surface area contributed by atoms with Crippen LogP contribution in [-0.4, -0.2) is 14.9 Å². The highest BCUT2D eigenvalue weighted by molar-refractivity contribution is 9.10. The molecule has 1 N–H and O–H groups in total. The number of halogens is 2. The van der Waals surface area contributed by atoms with E-state index in [1.807, 2.05) is 14.0 Å². The van der Waals surface area contributed by atoms with Crippen LogP contribution in [0.3, 0.4) is 0 Å². The number of nitrogens with zero attached hydrogens (tertiary/aromatic N) is 2. The fourth-order valence-electron chi connectivity index (χ4n) is 1.72. The lowest BCUT2D eigenvalue weighted by molar-refractivity contribution is 0.146. The smallest absolute Gasteiger partial charge is 0.146 e. The summed E-state index contributed by atoms with van der Waals surface area (Å²) < 4.78 is 8.72. The van der Waals surface area contributed by atoms with Gasteiger partial charge in [0.1, 0.15) is 11.9 Å². The fraction of sp³-hybridized carbons (Fsp3) is 0.364. The Morgan fingerprint density at radius 2 is 2.24 bits per heavy atom. The molecule has 6 heteroatoms. The van der Waals surface area contributed by atoms with E-state index in [1.54, 1.807) is 17.0 Å². The third-order valence-electron chi connectivity index (χ3n) is 2.60. The lowest BCUT2D eigenvalue weighted by Crippen LogP contribution is -2.06. The van der Waals surface area contributed by atoms with E-state index in [2.05, 4.69) is 37.0 Å². The van der Waals surface area contributed by atoms with Crippen molar-refractivity contribution in [3.8, 4) is 0 Å². The number of rotatable bonds is 3. The first-order valence-corrected chi connectivity index (χ1v) is 6.68. The van der Waals surface area contributed by atoms with Crippen LogP contribution in [0.5, 0.6) is 0 Å². The molecule has 2 aromatic heterocycles. The molecule has 0 fully saturated rings. The molecule has 0 aliphatic carbocycles. The van der Waals surface area contributed by atoms with Gasteiger partial charge in [-0.1, -0.05) is 0 Å². The van der Waals surface area contributed by atoms with Crippen molar-refractivity contribution in [2.24, 2.45) is 7.05 Å². The first-order valence-electron chi connectivity index (χ1n) is 5.09. The summed E-state index contributed by atoms with van der Waals surface area (Å²) in [7, 11) is 1.86. The minimum Gasteiger partial charge on any atom is -0.465 e. The molecule has 1 atom stereocenters. The Balaban J connectivity index is 2.24. The summed E-state index contributed by atoms with van der Waals surface area (Å²) >= 11 is 6.81. The molecule has 92 valence electrons. The summed E-state index contributed by atoms with van der Waals surface area (Å²) in [6, 6.07) is 1.77. The minimum absolute atomic E-state index is 0.448. The average molecular weight is 364 g/mol. The van der Waals surface area contributed by atoms with Gasteiger partial charge in [-0.25, -0.2) is 0 Å². The third kappa shape index (κ3) is 2.48. The van der Waals surface area contributed by atoms with Crippen LogP contribution in [0, 0.1) is 6.92 Å². The second-order valence-electron chi connectivity index (χ2n) is 3.82. The first kappa shape index (κ1) is 12.9. The van der Waals surface area contributed by atoms with Gasteiger partial charge in [-0.3, -0.25) is 4.68 Å². The number of aromatic nitrogens is 2. The monoisotopic (exact) mass is 362 g/mol. The number of hydrogen-bond donors (Lipinski definition) is 1. The predicted octanol–water partition coefficient (Wildman–Crippen LogP) is 3.12. The first-order chi connectivity index (χ1) is 8.00. The Morgan fingerprint density at radius 3 is 2.71 bits per heavy atom. The second-order valence-corrected chi connectivity index (χ2v) is 5.47. The lowest BCUT2D eigenvalue weighted by atomic mass is 10.1. The van der Waals surface area contributed by atoms with E-state index >= 15 is 0 Å². The van der Waals surface area contributed by atoms with E-state index in [-0.39, 0.29) is 0 Å². The van der Waals surface area contributed by atoms with E-state index < -0.39 is 6.10 Å². The Kier molecular flexibility index (Phi) is 3.75. The van der Waals surface area contributed by atoms with E-state index in [9.17, 15) is 5.11 Å². The summed E-state index contributed by atoms with van der Waals surface area (Å²) in [6.07, 6.45) is 1.31. The van der Waals surface area contributed by atoms with E-state index in [4.69, 9.17) is 4.42 Å². The van der Waals surface area contributed by atoms with Crippen molar-refractivity contribution >= 4 is 31.9 Å². The van der Waals surface area contributed by atoms with E-state index in [1.165, 1.54) is 0 Å². The number of aliphatic hydroxyl groups excluding tert-OH is 1. The van der Waals surface area contributed by atoms with Crippen LogP contribution < -0.4 is 0 Å². The molecule has 1 unspecified atom stereocenters. The molecule has 0 bridgehead atoms. The fourth-order valence-corrected chi connectivity index (χ4v) is 2.68. The van der Waals surface area contributed by atoms with Gasteiger partial charge in [0, 0.05) is 13.5 Å². The minimum atomic E-state index is -0.689. The van der Waals surface area contributed by atoms with Gasteiger partial charge in [0.2, 0.25) is 0 Å². The second kappa shape index (κ2) is 4.96. The zero-order valence-corrected chi connectivity index (χ0v) is 12.6. The molecule has 2 rings (SSSR count). The van der Waals surface area contributed by atoms with Crippen molar-refractivity contribution in [1.29, 1.82) is 0 Å². The van der Waals surface area contributed by atoms with Crippen molar-refractivity contribution in [3.05, 3.63) is 38.4 Å². The Labute approximate surface area is 116 Å². The standard InChI is InChI=1S/C11H12Br2N2O2/c1-6-10(13)8(15(2)14-6)5-9(16)11-7(12)3-4-17-11/h3-4,9,16H,5H2,1-2H3. The topological polar surface area (TPSA) is 51.2 Å². The molecule has 0 aliphatic rings. The molecule has 2 heterocycles. The zero-order chi connectivity index (χ0) is 12.6. The molecule has 0 spiro atoms. The quantitative estimate of drug-likeness (QED) is 0.911. The van der Waals surface area contributed by atoms with E-state index in [0.29, 0.717) is 12.2 Å². The highest BCUT2D eigenvalue weighted by Crippen LogP contribution is 2.30. The zero-order valence-electron chi connectivity index (χ0n) is 9.44. The van der Waals surface area contributed by atoms with Crippen molar-refractivity contribution in [1.82, 2.24) is 9.78 Å². The molecule has 0 saturated carbocycles. The van der Waals surface area contributed by atoms with Gasteiger partial charge >= 0.3 is 0 Å². The molecule has 0 saturated heterocycles. The normalized spacial score (nSPS) is 13.0. The van der Waals surface area contributed by atoms with Crippen molar-refractivity contribution in [2.45, 2.75) is 19.4 Å². The SMILES string of the molecule is Cc1nn(C)c(CC(O)c2occc2Br)c1Br.